The molecule has 1 nitrogen and oxygen atoms in total. The maximum atomic E-state index is 7.00. The van der Waals surface area contributed by atoms with E-state index in [1.807, 2.05) is 0 Å². The largest absolute Gasteiger partial charge is 0.400 e. The molecule has 0 aromatic carbocycles. The number of aliphatic hydroxyl groups is 1. The highest BCUT2D eigenvalue weighted by atomic mass is 19.0. The molecule has 0 unspecified atom stereocenters. The molecule has 0 fully saturated rings. The molecule has 0 rings (SSSR count). The Bertz CT molecular complexity index is 8.00. The van der Waals surface area contributed by atoms with Crippen LogP contribution in [0.15, 0.2) is 0 Å². The first-order chi connectivity index (χ1) is 1.00. The molecule has 3 radical (unpaired) electrons. The van der Waals surface area contributed by atoms with Crippen LogP contribution in [0.3, 0.4) is 0 Å². The molecule has 0 atom stereocenters. The van der Waals surface area contributed by atoms with Crippen molar-refractivity contribution in [3.63, 3.8) is 0 Å². The zero-order chi connectivity index (χ0) is 2.00. The fourth-order valence-corrected chi connectivity index (χ4v) is 0. The highest BCUT2D eigenvalue weighted by Crippen LogP contribution is 0.755. The lowest BCUT2D eigenvalue weighted by molar-refractivity contribution is 0.399. The summed E-state index contributed by atoms with van der Waals surface area (Å²) in [7, 11) is 1.00. The molecular weight excluding hydrogens is 57.8 g/mol. The van der Waals surface area contributed by atoms with Crippen LogP contribution in [0.5, 0.6) is 0 Å². The van der Waals surface area contributed by atoms with E-state index in [9.17, 15) is 0 Å². The number of hydrogen-bond donors (Lipinski definition) is 1. The summed E-state index contributed by atoms with van der Waals surface area (Å²) in [6.45, 7) is 0. The number of hydrogen-bond acceptors (Lipinski definition) is 1. The normalized spacial score (nSPS) is 1.50. The molecule has 0 aliphatic heterocycles. The highest BCUT2D eigenvalue weighted by molar-refractivity contribution is 5.75. The zero-order valence-electron chi connectivity index (χ0n) is 2.43. The number of aliphatic hydroxyl groups excluding tert-OH is 1. The van der Waals surface area contributed by atoms with E-state index in [4.69, 9.17) is 5.11 Å². The minimum atomic E-state index is 0. The van der Waals surface area contributed by atoms with E-state index in [-0.39, 0.29) is 13.1 Å². The monoisotopic (exact) mass is 63.0 g/mol. The van der Waals surface area contributed by atoms with Gasteiger partial charge in [-0.2, -0.15) is 0 Å². The molecule has 3 heteroatoms. The minimum absolute atomic E-state index is 0. The zero-order valence-corrected chi connectivity index (χ0v) is 2.43. The van der Waals surface area contributed by atoms with E-state index in [0.29, 0.717) is 0 Å². The van der Waals surface area contributed by atoms with Gasteiger partial charge in [0.15, 0.2) is 0 Å². The molecule has 0 amide bonds. The summed E-state index contributed by atoms with van der Waals surface area (Å²) in [5, 5.41) is 7.00. The maximum Gasteiger partial charge on any atom is 0.0319 e. The Morgan fingerprint density at radius 3 is 1.25 bits per heavy atom. The van der Waals surface area contributed by atoms with Gasteiger partial charge in [0.1, 0.15) is 0 Å². The average Bonchev–Trinajstić information content (AvgIpc) is 1.00. The molecule has 0 heterocycles. The van der Waals surface area contributed by atoms with Crippen molar-refractivity contribution in [1.29, 1.82) is 0 Å². The Balaban J connectivity index is -0.00000000500. The summed E-state index contributed by atoms with van der Waals surface area (Å²) >= 11 is 0. The van der Waals surface area contributed by atoms with E-state index >= 15 is 0 Å². The Hall–Kier alpha value is -0.0451. The summed E-state index contributed by atoms with van der Waals surface area (Å²) in [4.78, 5) is 0. The predicted octanol–water partition coefficient (Wildman–Crippen LogP) is -0.620. The van der Waals surface area contributed by atoms with Gasteiger partial charge in [0.25, 0.3) is 0 Å². The van der Waals surface area contributed by atoms with Crippen LogP contribution in [0.4, 0.5) is 4.70 Å². The second-order valence-electron chi connectivity index (χ2n) is 0. The highest BCUT2D eigenvalue weighted by Gasteiger charge is 0.839. The van der Waals surface area contributed by atoms with Gasteiger partial charge >= 0.3 is 0 Å². The predicted molar refractivity (Wildman–Crippen MR) is 16.4 cm³/mol. The molecule has 0 spiro atoms. The van der Waals surface area contributed by atoms with Gasteiger partial charge in [-0.25, -0.2) is 0 Å². The summed E-state index contributed by atoms with van der Waals surface area (Å²) in [6, 6.07) is 0. The van der Waals surface area contributed by atoms with E-state index in [1.165, 1.54) is 0 Å². The third-order valence-corrected chi connectivity index (χ3v) is 0. The first kappa shape index (κ1) is 37.9. The molecule has 0 aromatic rings. The quantitative estimate of drug-likeness (QED) is 0.371. The van der Waals surface area contributed by atoms with Gasteiger partial charge in [-0.15, -0.1) is 0 Å². The SMILES string of the molecule is CO.F.[B]. The minimum Gasteiger partial charge on any atom is -0.400 e. The van der Waals surface area contributed by atoms with Crippen LogP contribution < -0.4 is 0 Å². The first-order valence-corrected chi connectivity index (χ1v) is 0.447. The van der Waals surface area contributed by atoms with Crippen LogP contribution >= 0.6 is 0 Å². The lowest BCUT2D eigenvalue weighted by Gasteiger charge is -1.21. The Labute approximate surface area is 26.6 Å². The smallest absolute Gasteiger partial charge is 0.0319 e. The molecule has 0 aliphatic carbocycles. The second-order valence-corrected chi connectivity index (χ2v) is 0. The average molecular weight is 62.9 g/mol. The topological polar surface area (TPSA) is 20.2 Å². The summed E-state index contributed by atoms with van der Waals surface area (Å²) in [5.41, 5.74) is 0. The molecule has 1 N–H and O–H groups in total. The summed E-state index contributed by atoms with van der Waals surface area (Å²) in [5.74, 6) is 0. The van der Waals surface area contributed by atoms with E-state index in [2.05, 4.69) is 0 Å². The van der Waals surface area contributed by atoms with Gasteiger partial charge in [0, 0.05) is 15.5 Å². The first-order valence-electron chi connectivity index (χ1n) is 0.447. The fourth-order valence-electron chi connectivity index (χ4n) is 0. The standard InChI is InChI=1S/CH4O.B.FH/c1-2;;/h2H,1H3;;1H. The molecule has 0 saturated carbocycles. The van der Waals surface area contributed by atoms with Gasteiger partial charge in [-0.3, -0.25) is 4.70 Å². The van der Waals surface area contributed by atoms with Crippen molar-refractivity contribution in [2.45, 2.75) is 0 Å². The van der Waals surface area contributed by atoms with Crippen molar-refractivity contribution in [3.05, 3.63) is 0 Å². The van der Waals surface area contributed by atoms with Crippen LogP contribution in [0.1, 0.15) is 0 Å². The van der Waals surface area contributed by atoms with E-state index < -0.39 is 0 Å². The van der Waals surface area contributed by atoms with E-state index in [1.54, 1.807) is 0 Å². The van der Waals surface area contributed by atoms with Crippen LogP contribution in [-0.4, -0.2) is 20.6 Å². The van der Waals surface area contributed by atoms with Crippen molar-refractivity contribution in [2.24, 2.45) is 0 Å². The van der Waals surface area contributed by atoms with Gasteiger partial charge < -0.3 is 5.11 Å². The maximum absolute atomic E-state index is 7.00. The van der Waals surface area contributed by atoms with Crippen LogP contribution in [-0.2, 0) is 0 Å². The van der Waals surface area contributed by atoms with Crippen LogP contribution in [0.25, 0.3) is 0 Å². The van der Waals surface area contributed by atoms with Gasteiger partial charge in [0.05, 0.1) is 0 Å². The van der Waals surface area contributed by atoms with Crippen molar-refractivity contribution in [1.82, 2.24) is 0 Å². The molecule has 0 bridgehead atoms. The molecule has 0 aromatic heterocycles. The van der Waals surface area contributed by atoms with Crippen molar-refractivity contribution in [3.8, 4) is 0 Å². The summed E-state index contributed by atoms with van der Waals surface area (Å²) in [6.07, 6.45) is 0. The molecular formula is CH5BFO. The number of rotatable bonds is 0. The van der Waals surface area contributed by atoms with Crippen LogP contribution in [0, 0.1) is 0 Å². The van der Waals surface area contributed by atoms with Gasteiger partial charge in [0.2, 0.25) is 0 Å². The van der Waals surface area contributed by atoms with Crippen molar-refractivity contribution in [2.75, 3.05) is 7.11 Å². The van der Waals surface area contributed by atoms with E-state index in [0.717, 1.165) is 7.11 Å². The fraction of sp³-hybridized carbons (Fsp3) is 1.00. The summed E-state index contributed by atoms with van der Waals surface area (Å²) < 4.78 is 0. The lowest BCUT2D eigenvalue weighted by atomic mass is 10.8. The van der Waals surface area contributed by atoms with Gasteiger partial charge in [-0.05, 0) is 0 Å². The third-order valence-electron chi connectivity index (χ3n) is 0. The Kier molecular flexibility index (Phi) is 52600. The second kappa shape index (κ2) is 5560. The number of halogens is 1. The molecule has 0 aliphatic rings. The lowest BCUT2D eigenvalue weighted by Crippen LogP contribution is -1.25. The Morgan fingerprint density at radius 1 is 1.25 bits per heavy atom. The third kappa shape index (κ3) is 878. The van der Waals surface area contributed by atoms with Crippen molar-refractivity contribution >= 4 is 8.41 Å². The molecule has 4 heavy (non-hydrogen) atoms. The molecule has 0 saturated heterocycles. The molecule has 25 valence electrons. The van der Waals surface area contributed by atoms with Crippen molar-refractivity contribution < 1.29 is 9.81 Å². The Morgan fingerprint density at radius 2 is 1.25 bits per heavy atom. The van der Waals surface area contributed by atoms with Gasteiger partial charge in [-0.1, -0.05) is 0 Å². The van der Waals surface area contributed by atoms with Crippen LogP contribution in [0.2, 0.25) is 0 Å².